The molecule has 0 saturated carbocycles. The van der Waals surface area contributed by atoms with Crippen LogP contribution < -0.4 is 0 Å². The molecule has 0 aliphatic carbocycles. The molecule has 0 unspecified atom stereocenters. The van der Waals surface area contributed by atoms with Gasteiger partial charge in [0.05, 0.1) is 8.07 Å². The van der Waals surface area contributed by atoms with Crippen LogP contribution in [-0.2, 0) is 0 Å². The summed E-state index contributed by atoms with van der Waals surface area (Å²) < 4.78 is 0. The molecule has 0 aliphatic rings. The van der Waals surface area contributed by atoms with Crippen LogP contribution in [0, 0.1) is 0 Å². The molecule has 0 heterocycles. The third-order valence-corrected chi connectivity index (χ3v) is 8.81. The molecule has 0 nitrogen and oxygen atoms in total. The van der Waals surface area contributed by atoms with Crippen LogP contribution in [0.1, 0.15) is 103 Å². The minimum atomic E-state index is -2.36. The molecule has 0 rings (SSSR count). The quantitative estimate of drug-likeness (QED) is 0.0997. The zero-order chi connectivity index (χ0) is 20.4. The summed E-state index contributed by atoms with van der Waals surface area (Å²) in [4.78, 5) is 0. The van der Waals surface area contributed by atoms with E-state index in [9.17, 15) is 0 Å². The van der Waals surface area contributed by atoms with Gasteiger partial charge < -0.3 is 0 Å². The maximum Gasteiger partial charge on any atom is 0.341 e. The molecule has 0 fully saturated rings. The van der Waals surface area contributed by atoms with Gasteiger partial charge in [0.1, 0.15) is 0 Å². The fourth-order valence-corrected chi connectivity index (χ4v) is 6.05. The molecule has 0 bridgehead atoms. The zero-order valence-electron chi connectivity index (χ0n) is 18.3. The molecule has 27 heavy (non-hydrogen) atoms. The van der Waals surface area contributed by atoms with Crippen molar-refractivity contribution in [2.45, 2.75) is 128 Å². The van der Waals surface area contributed by atoms with Gasteiger partial charge in [-0.15, -0.1) is 33.2 Å². The fourth-order valence-electron chi connectivity index (χ4n) is 3.32. The Morgan fingerprint density at radius 2 is 0.852 bits per heavy atom. The van der Waals surface area contributed by atoms with E-state index < -0.39 is 14.1 Å². The average molecular weight is 472 g/mol. The molecule has 0 saturated heterocycles. The second kappa shape index (κ2) is 17.9. The van der Waals surface area contributed by atoms with Gasteiger partial charge in [0.15, 0.2) is 0 Å². The van der Waals surface area contributed by atoms with Crippen LogP contribution in [0.2, 0.25) is 25.7 Å². The molecule has 0 aromatic rings. The number of hydrogen-bond acceptors (Lipinski definition) is 0. The topological polar surface area (TPSA) is 0 Å². The van der Waals surface area contributed by atoms with Gasteiger partial charge in [-0.05, 0) is 18.9 Å². The maximum absolute atomic E-state index is 5.89. The summed E-state index contributed by atoms with van der Waals surface area (Å²) in [5.41, 5.74) is 2.49. The first-order valence-electron chi connectivity index (χ1n) is 11.5. The second-order valence-electron chi connectivity index (χ2n) is 9.23. The lowest BCUT2D eigenvalue weighted by molar-refractivity contribution is 0.533. The molecule has 0 aromatic carbocycles. The number of halogens is 3. The lowest BCUT2D eigenvalue weighted by Crippen LogP contribution is -2.15. The predicted octanol–water partition coefficient (Wildman–Crippen LogP) is 10.3. The highest BCUT2D eigenvalue weighted by molar-refractivity contribution is 7.64. The lowest BCUT2D eigenvalue weighted by atomic mass is 10.0. The van der Waals surface area contributed by atoms with Gasteiger partial charge in [-0.2, -0.15) is 0 Å². The highest BCUT2D eigenvalue weighted by atomic mass is 35.8. The molecule has 0 spiro atoms. The molecular weight excluding hydrogens is 427 g/mol. The Hall–Kier alpha value is 1.04. The number of hydrogen-bond donors (Lipinski definition) is 0. The third-order valence-electron chi connectivity index (χ3n) is 4.95. The molecule has 0 radical (unpaired) electrons. The summed E-state index contributed by atoms with van der Waals surface area (Å²) in [7, 11) is -0.967. The molecule has 0 atom stereocenters. The molecular formula is C22H45Cl3Si2. The van der Waals surface area contributed by atoms with Crippen molar-refractivity contribution in [2.24, 2.45) is 0 Å². The molecule has 0 aromatic heterocycles. The summed E-state index contributed by atoms with van der Waals surface area (Å²) in [6.07, 6.45) is 24.3. The van der Waals surface area contributed by atoms with E-state index in [0.717, 1.165) is 12.5 Å². The average Bonchev–Trinajstić information content (AvgIpc) is 2.55. The van der Waals surface area contributed by atoms with Crippen LogP contribution >= 0.6 is 33.2 Å². The molecule has 0 N–H and O–H groups in total. The Balaban J connectivity index is 3.12. The van der Waals surface area contributed by atoms with Crippen molar-refractivity contribution in [1.29, 1.82) is 0 Å². The van der Waals surface area contributed by atoms with Gasteiger partial charge in [-0.25, -0.2) is 0 Å². The maximum atomic E-state index is 5.89. The van der Waals surface area contributed by atoms with E-state index in [0.29, 0.717) is 0 Å². The van der Waals surface area contributed by atoms with Gasteiger partial charge in [-0.3, -0.25) is 0 Å². The first kappa shape index (κ1) is 28.0. The highest BCUT2D eigenvalue weighted by Gasteiger charge is 2.23. The van der Waals surface area contributed by atoms with Crippen molar-refractivity contribution >= 4 is 47.3 Å². The van der Waals surface area contributed by atoms with Crippen molar-refractivity contribution < 1.29 is 0 Å². The third kappa shape index (κ3) is 27.0. The van der Waals surface area contributed by atoms with Crippen LogP contribution in [0.25, 0.3) is 0 Å². The monoisotopic (exact) mass is 470 g/mol. The van der Waals surface area contributed by atoms with E-state index in [4.69, 9.17) is 33.2 Å². The van der Waals surface area contributed by atoms with Crippen LogP contribution in [0.4, 0.5) is 0 Å². The van der Waals surface area contributed by atoms with E-state index in [1.165, 1.54) is 96.3 Å². The summed E-state index contributed by atoms with van der Waals surface area (Å²) in [6, 6.07) is -1.53. The fraction of sp³-hybridized carbons (Fsp3) is 0.909. The van der Waals surface area contributed by atoms with E-state index in [2.05, 4.69) is 31.4 Å². The number of allylic oxidation sites excluding steroid dienone is 1. The van der Waals surface area contributed by atoms with Gasteiger partial charge in [-0.1, -0.05) is 121 Å². The Bertz CT molecular complexity index is 346. The molecule has 5 heteroatoms. The summed E-state index contributed by atoms with van der Waals surface area (Å²) in [6.45, 7) is 7.21. The normalized spacial score (nSPS) is 13.0. The van der Waals surface area contributed by atoms with Gasteiger partial charge in [0.25, 0.3) is 0 Å². The van der Waals surface area contributed by atoms with Crippen molar-refractivity contribution in [1.82, 2.24) is 0 Å². The van der Waals surface area contributed by atoms with Crippen LogP contribution in [-0.4, -0.2) is 14.1 Å². The number of rotatable bonds is 19. The Labute approximate surface area is 187 Å². The molecule has 0 amide bonds. The summed E-state index contributed by atoms with van der Waals surface area (Å²) in [5.74, 6) is 0. The lowest BCUT2D eigenvalue weighted by Gasteiger charge is -2.07. The van der Waals surface area contributed by atoms with Crippen molar-refractivity contribution in [3.63, 3.8) is 0 Å². The zero-order valence-corrected chi connectivity index (χ0v) is 22.6. The SMILES string of the molecule is C[Si](C)(C)/C=C/CCCCCCCCCCCCCCCCC[Si](Cl)(Cl)Cl. The van der Waals surface area contributed by atoms with Crippen molar-refractivity contribution in [2.75, 3.05) is 0 Å². The van der Waals surface area contributed by atoms with Crippen LogP contribution in [0.5, 0.6) is 0 Å². The summed E-state index contributed by atoms with van der Waals surface area (Å²) >= 11 is 17.7. The highest BCUT2D eigenvalue weighted by Crippen LogP contribution is 2.27. The minimum Gasteiger partial charge on any atom is -0.126 e. The molecule has 162 valence electrons. The predicted molar refractivity (Wildman–Crippen MR) is 134 cm³/mol. The van der Waals surface area contributed by atoms with E-state index in [-0.39, 0.29) is 0 Å². The first-order chi connectivity index (χ1) is 12.7. The minimum absolute atomic E-state index is 0.827. The number of unbranched alkanes of at least 4 members (excludes halogenated alkanes) is 15. The molecule has 0 aliphatic heterocycles. The first-order valence-corrected chi connectivity index (χ1v) is 20.3. The van der Waals surface area contributed by atoms with E-state index >= 15 is 0 Å². The second-order valence-corrected chi connectivity index (χ2v) is 23.6. The summed E-state index contributed by atoms with van der Waals surface area (Å²) in [5, 5.41) is 0. The Morgan fingerprint density at radius 1 is 0.519 bits per heavy atom. The van der Waals surface area contributed by atoms with E-state index in [1.54, 1.807) is 0 Å². The Kier molecular flexibility index (Phi) is 18.6. The van der Waals surface area contributed by atoms with Crippen LogP contribution in [0.3, 0.4) is 0 Å². The van der Waals surface area contributed by atoms with Crippen molar-refractivity contribution in [3.8, 4) is 0 Å². The van der Waals surface area contributed by atoms with Gasteiger partial charge in [0, 0.05) is 0 Å². The van der Waals surface area contributed by atoms with Gasteiger partial charge in [0.2, 0.25) is 0 Å². The van der Waals surface area contributed by atoms with Crippen LogP contribution in [0.15, 0.2) is 11.8 Å². The van der Waals surface area contributed by atoms with E-state index in [1.807, 2.05) is 0 Å². The van der Waals surface area contributed by atoms with Gasteiger partial charge >= 0.3 is 6.00 Å². The standard InChI is InChI=1S/C22H45Cl3Si2/c1-26(2,3)21-19-17-15-13-11-9-7-5-4-6-8-10-12-14-16-18-20-22-27(23,24)25/h19,21H,4-18,20,22H2,1-3H3/b21-19+. The Morgan fingerprint density at radius 3 is 1.19 bits per heavy atom. The largest absolute Gasteiger partial charge is 0.341 e. The smallest absolute Gasteiger partial charge is 0.126 e. The van der Waals surface area contributed by atoms with Crippen molar-refractivity contribution in [3.05, 3.63) is 11.8 Å².